The Balaban J connectivity index is 1.40. The molecule has 0 aliphatic carbocycles. The van der Waals surface area contributed by atoms with Crippen LogP contribution in [-0.2, 0) is 6.61 Å². The van der Waals surface area contributed by atoms with Gasteiger partial charge in [0.1, 0.15) is 12.4 Å². The van der Waals surface area contributed by atoms with E-state index in [1.165, 1.54) is 29.2 Å². The summed E-state index contributed by atoms with van der Waals surface area (Å²) in [6.45, 7) is 2.82. The van der Waals surface area contributed by atoms with E-state index in [0.717, 1.165) is 35.7 Å². The maximum absolute atomic E-state index is 6.27. The third-order valence-electron chi connectivity index (χ3n) is 6.30. The third kappa shape index (κ3) is 4.30. The standard InChI is InChI=1S/C27H27N3O/c1-30-15-11-21(12-16-30)24-8-4-6-20-9-10-23(17-26(20)24)31-19-22-5-2-3-7-25(22)27-18-28-13-14-29-27/h2-10,13-14,17-18,21H,11-12,15-16,19H2,1H3. The van der Waals surface area contributed by atoms with Crippen LogP contribution >= 0.6 is 0 Å². The molecule has 31 heavy (non-hydrogen) atoms. The summed E-state index contributed by atoms with van der Waals surface area (Å²) in [5.74, 6) is 1.52. The van der Waals surface area contributed by atoms with Gasteiger partial charge >= 0.3 is 0 Å². The molecule has 2 heterocycles. The fourth-order valence-corrected chi connectivity index (χ4v) is 4.54. The molecule has 0 spiro atoms. The van der Waals surface area contributed by atoms with Crippen LogP contribution in [-0.4, -0.2) is 35.0 Å². The molecular weight excluding hydrogens is 382 g/mol. The second kappa shape index (κ2) is 8.86. The molecule has 1 aliphatic rings. The Morgan fingerprint density at radius 2 is 1.84 bits per heavy atom. The molecule has 0 N–H and O–H groups in total. The van der Waals surface area contributed by atoms with E-state index in [4.69, 9.17) is 4.74 Å². The Labute approximate surface area is 183 Å². The molecule has 0 amide bonds. The molecule has 0 bridgehead atoms. The molecule has 0 saturated carbocycles. The van der Waals surface area contributed by atoms with E-state index in [1.54, 1.807) is 18.6 Å². The SMILES string of the molecule is CN1CCC(c2cccc3ccc(OCc4ccccc4-c4cnccn4)cc23)CC1. The lowest BCUT2D eigenvalue weighted by atomic mass is 9.86. The first kappa shape index (κ1) is 19.7. The van der Waals surface area contributed by atoms with Crippen LogP contribution in [0.2, 0.25) is 0 Å². The van der Waals surface area contributed by atoms with E-state index in [9.17, 15) is 0 Å². The molecule has 1 aromatic heterocycles. The van der Waals surface area contributed by atoms with Crippen LogP contribution in [0.25, 0.3) is 22.0 Å². The monoisotopic (exact) mass is 409 g/mol. The molecule has 0 radical (unpaired) electrons. The highest BCUT2D eigenvalue weighted by atomic mass is 16.5. The van der Waals surface area contributed by atoms with Gasteiger partial charge in [0, 0.05) is 18.0 Å². The quantitative estimate of drug-likeness (QED) is 0.425. The van der Waals surface area contributed by atoms with Crippen LogP contribution in [0, 0.1) is 0 Å². The van der Waals surface area contributed by atoms with E-state index in [1.807, 2.05) is 12.1 Å². The minimum atomic E-state index is 0.495. The van der Waals surface area contributed by atoms with E-state index >= 15 is 0 Å². The van der Waals surface area contributed by atoms with Crippen molar-refractivity contribution in [2.24, 2.45) is 0 Å². The van der Waals surface area contributed by atoms with Crippen molar-refractivity contribution >= 4 is 10.8 Å². The average molecular weight is 410 g/mol. The third-order valence-corrected chi connectivity index (χ3v) is 6.30. The van der Waals surface area contributed by atoms with Gasteiger partial charge in [0.15, 0.2) is 0 Å². The van der Waals surface area contributed by atoms with Crippen LogP contribution < -0.4 is 4.74 Å². The molecule has 4 heteroatoms. The van der Waals surface area contributed by atoms with Gasteiger partial charge in [-0.05, 0) is 72.9 Å². The van der Waals surface area contributed by atoms with Crippen molar-refractivity contribution in [2.45, 2.75) is 25.4 Å². The Kier molecular flexibility index (Phi) is 5.63. The minimum absolute atomic E-state index is 0.495. The first-order valence-electron chi connectivity index (χ1n) is 11.0. The van der Waals surface area contributed by atoms with E-state index in [0.29, 0.717) is 12.5 Å². The summed E-state index contributed by atoms with van der Waals surface area (Å²) in [7, 11) is 2.21. The highest BCUT2D eigenvalue weighted by Crippen LogP contribution is 2.34. The van der Waals surface area contributed by atoms with E-state index in [2.05, 4.69) is 70.4 Å². The Bertz CT molecular complexity index is 1170. The highest BCUT2D eigenvalue weighted by molar-refractivity contribution is 5.87. The van der Waals surface area contributed by atoms with Gasteiger partial charge in [-0.3, -0.25) is 9.97 Å². The number of likely N-dealkylation sites (tertiary alicyclic amines) is 1. The van der Waals surface area contributed by atoms with Crippen molar-refractivity contribution in [1.82, 2.24) is 14.9 Å². The van der Waals surface area contributed by atoms with Gasteiger partial charge in [-0.25, -0.2) is 0 Å². The molecule has 0 unspecified atom stereocenters. The van der Waals surface area contributed by atoms with Gasteiger partial charge in [0.05, 0.1) is 11.9 Å². The summed E-state index contributed by atoms with van der Waals surface area (Å²) >= 11 is 0. The maximum Gasteiger partial charge on any atom is 0.120 e. The van der Waals surface area contributed by atoms with Crippen LogP contribution in [0.15, 0.2) is 79.3 Å². The molecule has 4 nitrogen and oxygen atoms in total. The molecule has 1 aliphatic heterocycles. The number of piperidine rings is 1. The normalized spacial score (nSPS) is 15.3. The van der Waals surface area contributed by atoms with Crippen LogP contribution in [0.3, 0.4) is 0 Å². The molecule has 1 fully saturated rings. The number of fused-ring (bicyclic) bond motifs is 1. The second-order valence-corrected chi connectivity index (χ2v) is 8.34. The molecule has 3 aromatic carbocycles. The second-order valence-electron chi connectivity index (χ2n) is 8.34. The Hall–Kier alpha value is -3.24. The van der Waals surface area contributed by atoms with Gasteiger partial charge in [0.25, 0.3) is 0 Å². The number of ether oxygens (including phenoxy) is 1. The number of aromatic nitrogens is 2. The van der Waals surface area contributed by atoms with E-state index < -0.39 is 0 Å². The fraction of sp³-hybridized carbons (Fsp3) is 0.259. The van der Waals surface area contributed by atoms with Crippen molar-refractivity contribution in [3.05, 3.63) is 90.4 Å². The van der Waals surface area contributed by atoms with Gasteiger partial charge in [-0.2, -0.15) is 0 Å². The molecule has 4 aromatic rings. The maximum atomic E-state index is 6.27. The van der Waals surface area contributed by atoms with Crippen molar-refractivity contribution in [3.8, 4) is 17.0 Å². The fourth-order valence-electron chi connectivity index (χ4n) is 4.54. The summed E-state index contributed by atoms with van der Waals surface area (Å²) in [6.07, 6.45) is 7.64. The summed E-state index contributed by atoms with van der Waals surface area (Å²) in [6, 6.07) is 21.4. The zero-order valence-electron chi connectivity index (χ0n) is 17.9. The Morgan fingerprint density at radius 3 is 2.68 bits per heavy atom. The van der Waals surface area contributed by atoms with Gasteiger partial charge in [-0.1, -0.05) is 48.5 Å². The largest absolute Gasteiger partial charge is 0.489 e. The summed E-state index contributed by atoms with van der Waals surface area (Å²) in [4.78, 5) is 11.1. The van der Waals surface area contributed by atoms with Gasteiger partial charge < -0.3 is 9.64 Å². The van der Waals surface area contributed by atoms with Gasteiger partial charge in [0.2, 0.25) is 0 Å². The number of hydrogen-bond donors (Lipinski definition) is 0. The van der Waals surface area contributed by atoms with Crippen molar-refractivity contribution in [2.75, 3.05) is 20.1 Å². The lowest BCUT2D eigenvalue weighted by molar-refractivity contribution is 0.256. The number of benzene rings is 3. The van der Waals surface area contributed by atoms with Gasteiger partial charge in [-0.15, -0.1) is 0 Å². The van der Waals surface area contributed by atoms with Crippen LogP contribution in [0.4, 0.5) is 0 Å². The first-order chi connectivity index (χ1) is 15.3. The van der Waals surface area contributed by atoms with Crippen molar-refractivity contribution < 1.29 is 4.74 Å². The zero-order valence-corrected chi connectivity index (χ0v) is 17.9. The highest BCUT2D eigenvalue weighted by Gasteiger charge is 2.20. The number of hydrogen-bond acceptors (Lipinski definition) is 4. The number of rotatable bonds is 5. The summed E-state index contributed by atoms with van der Waals surface area (Å²) in [5.41, 5.74) is 4.48. The minimum Gasteiger partial charge on any atom is -0.489 e. The summed E-state index contributed by atoms with van der Waals surface area (Å²) in [5, 5.41) is 2.60. The summed E-state index contributed by atoms with van der Waals surface area (Å²) < 4.78 is 6.27. The predicted molar refractivity (Wildman–Crippen MR) is 125 cm³/mol. The van der Waals surface area contributed by atoms with Crippen LogP contribution in [0.5, 0.6) is 5.75 Å². The first-order valence-corrected chi connectivity index (χ1v) is 11.0. The van der Waals surface area contributed by atoms with Crippen molar-refractivity contribution in [3.63, 3.8) is 0 Å². The average Bonchev–Trinajstić information content (AvgIpc) is 2.83. The topological polar surface area (TPSA) is 38.2 Å². The lowest BCUT2D eigenvalue weighted by Crippen LogP contribution is -2.29. The van der Waals surface area contributed by atoms with Crippen LogP contribution in [0.1, 0.15) is 29.9 Å². The lowest BCUT2D eigenvalue weighted by Gasteiger charge is -2.30. The number of nitrogens with zero attached hydrogens (tertiary/aromatic N) is 3. The molecule has 156 valence electrons. The molecule has 0 atom stereocenters. The zero-order chi connectivity index (χ0) is 21.0. The van der Waals surface area contributed by atoms with Crippen molar-refractivity contribution in [1.29, 1.82) is 0 Å². The Morgan fingerprint density at radius 1 is 0.968 bits per heavy atom. The molecular formula is C27H27N3O. The predicted octanol–water partition coefficient (Wildman–Crippen LogP) is 5.69. The smallest absolute Gasteiger partial charge is 0.120 e. The van der Waals surface area contributed by atoms with E-state index in [-0.39, 0.29) is 0 Å². The molecule has 5 rings (SSSR count). The molecule has 1 saturated heterocycles.